The molecule has 2 aromatic heterocycles. The molecular weight excluding hydrogens is 854 g/mol. The number of halogens is 3. The van der Waals surface area contributed by atoms with Crippen molar-refractivity contribution in [3.05, 3.63) is 98.9 Å². The number of pyridine rings is 1. The van der Waals surface area contributed by atoms with Crippen LogP contribution in [0.2, 0.25) is 0 Å². The van der Waals surface area contributed by atoms with Gasteiger partial charge in [-0.25, -0.2) is 23.1 Å². The Kier molecular flexibility index (Phi) is 12.6. The van der Waals surface area contributed by atoms with Crippen molar-refractivity contribution in [1.29, 1.82) is 0 Å². The van der Waals surface area contributed by atoms with Gasteiger partial charge in [-0.2, -0.15) is 0 Å². The van der Waals surface area contributed by atoms with Crippen LogP contribution < -0.4 is 26.4 Å². The molecule has 15 nitrogen and oxygen atoms in total. The average molecular weight is 909 g/mol. The number of rotatable bonds is 5. The van der Waals surface area contributed by atoms with E-state index >= 15 is 13.2 Å². The molecule has 0 radical (unpaired) electrons. The van der Waals surface area contributed by atoms with Crippen molar-refractivity contribution < 1.29 is 32.3 Å². The first-order valence-corrected chi connectivity index (χ1v) is 23.0. The van der Waals surface area contributed by atoms with E-state index in [4.69, 9.17) is 9.97 Å². The van der Waals surface area contributed by atoms with Crippen LogP contribution in [0, 0.1) is 18.7 Å². The van der Waals surface area contributed by atoms with Crippen molar-refractivity contribution in [3.63, 3.8) is 0 Å². The molecule has 10 rings (SSSR count). The number of benzene rings is 2. The second-order valence-electron chi connectivity index (χ2n) is 18.0. The minimum atomic E-state index is -3.36. The molecule has 8 bridgehead atoms. The Morgan fingerprint density at radius 2 is 1.70 bits per heavy atom. The number of hydrogen-bond donors (Lipinski definition) is 3. The van der Waals surface area contributed by atoms with E-state index in [0.717, 1.165) is 12.8 Å². The molecule has 2 atom stereocenters. The van der Waals surface area contributed by atoms with Gasteiger partial charge < -0.3 is 25.3 Å². The van der Waals surface area contributed by atoms with Crippen LogP contribution in [0.5, 0.6) is 0 Å². The Labute approximate surface area is 380 Å². The second-order valence-corrected chi connectivity index (χ2v) is 18.0. The average Bonchev–Trinajstić information content (AvgIpc) is 3.64. The number of aromatic nitrogens is 3. The molecule has 2 aromatic carbocycles. The summed E-state index contributed by atoms with van der Waals surface area (Å²) in [4.78, 5) is 82.6. The lowest BCUT2D eigenvalue weighted by Gasteiger charge is -2.36. The van der Waals surface area contributed by atoms with E-state index < -0.39 is 41.2 Å². The van der Waals surface area contributed by atoms with Crippen LogP contribution in [0.1, 0.15) is 90.8 Å². The van der Waals surface area contributed by atoms with Crippen molar-refractivity contribution >= 4 is 51.9 Å². The summed E-state index contributed by atoms with van der Waals surface area (Å²) in [5.74, 6) is -5.91. The van der Waals surface area contributed by atoms with Gasteiger partial charge in [-0.15, -0.1) is 0 Å². The van der Waals surface area contributed by atoms with Gasteiger partial charge in [0.25, 0.3) is 17.4 Å². The summed E-state index contributed by atoms with van der Waals surface area (Å²) in [5, 5.41) is 9.35. The summed E-state index contributed by atoms with van der Waals surface area (Å²) in [7, 11) is 0. The monoisotopic (exact) mass is 908 g/mol. The predicted molar refractivity (Wildman–Crippen MR) is 243 cm³/mol. The third-order valence-corrected chi connectivity index (χ3v) is 13.9. The van der Waals surface area contributed by atoms with Gasteiger partial charge in [0.15, 0.2) is 0 Å². The number of aryl methyl sites for hydroxylation is 2. The third kappa shape index (κ3) is 8.74. The van der Waals surface area contributed by atoms with Gasteiger partial charge in [-0.1, -0.05) is 36.4 Å². The first-order chi connectivity index (χ1) is 31.8. The van der Waals surface area contributed by atoms with Crippen molar-refractivity contribution in [2.75, 3.05) is 67.9 Å². The fraction of sp³-hybridized carbons (Fsp3) is 0.479. The fourth-order valence-electron chi connectivity index (χ4n) is 10.1. The van der Waals surface area contributed by atoms with Crippen LogP contribution in [0.4, 0.5) is 30.4 Å². The molecule has 0 saturated carbocycles. The largest absolute Gasteiger partial charge is 0.376 e. The number of carbonyl (C=O) groups excluding carboxylic acids is 4. The molecule has 3 N–H and O–H groups in total. The number of imide groups is 1. The minimum Gasteiger partial charge on any atom is -0.376 e. The molecule has 4 amide bonds. The lowest BCUT2D eigenvalue weighted by Crippen LogP contribution is -2.52. The maximum atomic E-state index is 16.3. The number of nitrogens with one attached hydrogen (secondary N) is 3. The molecule has 6 aliphatic rings. The second kappa shape index (κ2) is 18.5. The van der Waals surface area contributed by atoms with E-state index in [0.29, 0.717) is 104 Å². The summed E-state index contributed by atoms with van der Waals surface area (Å²) in [6, 6.07) is 9.57. The first-order valence-electron chi connectivity index (χ1n) is 23.0. The topological polar surface area (TPSA) is 165 Å². The number of piperidine rings is 2. The summed E-state index contributed by atoms with van der Waals surface area (Å²) >= 11 is 0. The number of fused-ring (bicyclic) bond motifs is 9. The molecule has 3 fully saturated rings. The van der Waals surface area contributed by atoms with Gasteiger partial charge in [-0.3, -0.25) is 38.8 Å². The predicted octanol–water partition coefficient (Wildman–Crippen LogP) is 5.48. The highest BCUT2D eigenvalue weighted by Gasteiger charge is 2.45. The Morgan fingerprint density at radius 3 is 2.47 bits per heavy atom. The van der Waals surface area contributed by atoms with Crippen molar-refractivity contribution in [1.82, 2.24) is 34.6 Å². The molecule has 6 aliphatic heterocycles. The summed E-state index contributed by atoms with van der Waals surface area (Å²) in [6.07, 6.45) is 7.36. The third-order valence-electron chi connectivity index (χ3n) is 13.9. The summed E-state index contributed by atoms with van der Waals surface area (Å²) in [5.41, 5.74) is 1.76. The molecule has 3 saturated heterocycles. The van der Waals surface area contributed by atoms with E-state index in [-0.39, 0.29) is 67.6 Å². The van der Waals surface area contributed by atoms with Crippen molar-refractivity contribution in [2.24, 2.45) is 5.92 Å². The van der Waals surface area contributed by atoms with E-state index in [1.54, 1.807) is 47.6 Å². The molecule has 348 valence electrons. The van der Waals surface area contributed by atoms with Gasteiger partial charge in [-0.05, 0) is 83.7 Å². The van der Waals surface area contributed by atoms with Crippen molar-refractivity contribution in [2.45, 2.75) is 89.9 Å². The Bertz CT molecular complexity index is 2660. The zero-order valence-corrected chi connectivity index (χ0v) is 37.3. The SMILES string of the molecule is Cc1nc2c3cc(N4CCN(C(=O)CNc5cccc6c5CN(C5CCC(=O)NC5=O)C6=O)CC4)c(=O)n(c3n1)CCCC/C=C\CN1CCC(CC1)C(F)(F)c1cccc(c1F)[C@@H](C)N2. The van der Waals surface area contributed by atoms with Crippen LogP contribution in [-0.2, 0) is 33.4 Å². The molecule has 0 aliphatic carbocycles. The first kappa shape index (κ1) is 44.9. The Morgan fingerprint density at radius 1 is 0.924 bits per heavy atom. The highest BCUT2D eigenvalue weighted by atomic mass is 19.3. The van der Waals surface area contributed by atoms with Crippen LogP contribution in [0.25, 0.3) is 11.0 Å². The number of amides is 4. The normalized spacial score (nSPS) is 24.1. The highest BCUT2D eigenvalue weighted by molar-refractivity contribution is 6.06. The number of piperazine rings is 1. The molecule has 18 heteroatoms. The number of nitrogens with zero attached hydrogens (tertiary/aromatic N) is 7. The van der Waals surface area contributed by atoms with Crippen LogP contribution in [0.15, 0.2) is 59.4 Å². The zero-order valence-electron chi connectivity index (χ0n) is 37.3. The zero-order chi connectivity index (χ0) is 46.3. The van der Waals surface area contributed by atoms with Crippen LogP contribution >= 0.6 is 0 Å². The van der Waals surface area contributed by atoms with E-state index in [9.17, 15) is 24.0 Å². The number of alkyl halides is 2. The smallest absolute Gasteiger partial charge is 0.278 e. The van der Waals surface area contributed by atoms with E-state index in [2.05, 4.69) is 33.0 Å². The van der Waals surface area contributed by atoms with Gasteiger partial charge in [0.05, 0.1) is 23.5 Å². The van der Waals surface area contributed by atoms with Gasteiger partial charge >= 0.3 is 0 Å². The molecule has 0 spiro atoms. The number of allylic oxidation sites excluding steroid dienone is 1. The van der Waals surface area contributed by atoms with Gasteiger partial charge in [0.2, 0.25) is 17.7 Å². The van der Waals surface area contributed by atoms with Crippen LogP contribution in [0.3, 0.4) is 0 Å². The maximum Gasteiger partial charge on any atom is 0.278 e. The molecular formula is C48H55F3N10O5. The highest BCUT2D eigenvalue weighted by Crippen LogP contribution is 2.44. The minimum absolute atomic E-state index is 0.0507. The van der Waals surface area contributed by atoms with Gasteiger partial charge in [0.1, 0.15) is 34.8 Å². The summed E-state index contributed by atoms with van der Waals surface area (Å²) in [6.45, 7) is 6.92. The number of hydrogen-bond acceptors (Lipinski definition) is 11. The molecule has 8 heterocycles. The quantitative estimate of drug-likeness (QED) is 0.172. The summed E-state index contributed by atoms with van der Waals surface area (Å²) < 4.78 is 50.3. The Hall–Kier alpha value is -6.30. The molecule has 4 aromatic rings. The van der Waals surface area contributed by atoms with E-state index in [1.807, 2.05) is 4.90 Å². The van der Waals surface area contributed by atoms with E-state index in [1.165, 1.54) is 23.1 Å². The molecule has 1 unspecified atom stereocenters. The van der Waals surface area contributed by atoms with Crippen molar-refractivity contribution in [3.8, 4) is 0 Å². The lowest BCUT2D eigenvalue weighted by molar-refractivity contribution is -0.137. The van der Waals surface area contributed by atoms with Crippen LogP contribution in [-0.4, -0.2) is 111 Å². The number of anilines is 3. The number of carbonyl (C=O) groups is 4. The maximum absolute atomic E-state index is 16.3. The standard InChI is InChI=1S/C48H55F3N10O5/c1-29-32-10-8-12-36(42(32)49)48(50,51)31-16-20-57(21-17-31)18-6-4-3-5-7-19-60-44-34(43(53-29)54-30(2)55-44)26-39(47(60)66)58-22-24-59(25-23-58)41(63)27-52-37-13-9-11-33-35(37)28-61(46(33)65)38-14-15-40(62)56-45(38)64/h4,6,8-13,26,29,31,38,52H,3,5,7,14-25,27-28H2,1-2H3,(H,53,54,55)(H,56,62,64)/b6-4-/t29-,38?/m1/s1. The Balaban J connectivity index is 0.943. The lowest BCUT2D eigenvalue weighted by atomic mass is 9.85. The fourth-order valence-corrected chi connectivity index (χ4v) is 10.1. The van der Waals surface area contributed by atoms with Gasteiger partial charge in [0, 0.05) is 80.5 Å². The molecule has 66 heavy (non-hydrogen) atoms.